The highest BCUT2D eigenvalue weighted by Crippen LogP contribution is 2.12. The first kappa shape index (κ1) is 15.9. The van der Waals surface area contributed by atoms with E-state index in [0.717, 1.165) is 25.8 Å². The van der Waals surface area contributed by atoms with E-state index in [-0.39, 0.29) is 17.7 Å². The normalized spacial score (nSPS) is 14.1. The van der Waals surface area contributed by atoms with Crippen LogP contribution in [0, 0.1) is 11.8 Å². The van der Waals surface area contributed by atoms with Gasteiger partial charge in [-0.3, -0.25) is 9.59 Å². The minimum absolute atomic E-state index is 0.0405. The summed E-state index contributed by atoms with van der Waals surface area (Å²) < 4.78 is 0. The van der Waals surface area contributed by atoms with E-state index in [9.17, 15) is 9.59 Å². The van der Waals surface area contributed by atoms with Gasteiger partial charge in [-0.2, -0.15) is 0 Å². The van der Waals surface area contributed by atoms with Crippen molar-refractivity contribution < 1.29 is 14.7 Å². The molecule has 100 valence electrons. The lowest BCUT2D eigenvalue weighted by molar-refractivity contribution is -0.141. The molecule has 0 aliphatic carbocycles. The molecule has 2 atom stereocenters. The molecule has 4 nitrogen and oxygen atoms in total. The van der Waals surface area contributed by atoms with Crippen molar-refractivity contribution in [2.75, 3.05) is 6.54 Å². The van der Waals surface area contributed by atoms with Crippen LogP contribution in [0.4, 0.5) is 0 Å². The number of carbonyl (C=O) groups is 2. The van der Waals surface area contributed by atoms with E-state index in [4.69, 9.17) is 5.11 Å². The zero-order chi connectivity index (χ0) is 13.3. The van der Waals surface area contributed by atoms with Gasteiger partial charge in [0.05, 0.1) is 5.92 Å². The third kappa shape index (κ3) is 7.77. The van der Waals surface area contributed by atoms with Crippen molar-refractivity contribution in [1.82, 2.24) is 5.32 Å². The summed E-state index contributed by atoms with van der Waals surface area (Å²) in [5.41, 5.74) is 0. The van der Waals surface area contributed by atoms with Gasteiger partial charge >= 0.3 is 5.97 Å². The highest BCUT2D eigenvalue weighted by atomic mass is 16.4. The van der Waals surface area contributed by atoms with Gasteiger partial charge in [0.25, 0.3) is 0 Å². The van der Waals surface area contributed by atoms with Gasteiger partial charge in [-0.25, -0.2) is 0 Å². The van der Waals surface area contributed by atoms with E-state index in [1.165, 1.54) is 0 Å². The zero-order valence-corrected chi connectivity index (χ0v) is 11.2. The van der Waals surface area contributed by atoms with Crippen LogP contribution in [0.3, 0.4) is 0 Å². The van der Waals surface area contributed by atoms with Gasteiger partial charge in [0.1, 0.15) is 0 Å². The van der Waals surface area contributed by atoms with E-state index in [1.54, 1.807) is 6.92 Å². The predicted molar refractivity (Wildman–Crippen MR) is 67.7 cm³/mol. The number of nitrogens with one attached hydrogen (secondary N) is 1. The number of unbranched alkanes of at least 4 members (excludes halogenated alkanes) is 2. The topological polar surface area (TPSA) is 66.4 Å². The smallest absolute Gasteiger partial charge is 0.306 e. The molecule has 0 aliphatic rings. The molecule has 0 bridgehead atoms. The second-order valence-electron chi connectivity index (χ2n) is 4.72. The van der Waals surface area contributed by atoms with Gasteiger partial charge in [-0.15, -0.1) is 0 Å². The number of hydrogen-bond acceptors (Lipinski definition) is 2. The SMILES string of the molecule is CCCCCNC(=O)[C@@H](C)CC[C@H](C)C(=O)O. The molecule has 0 aromatic heterocycles. The number of carbonyl (C=O) groups excluding carboxylic acids is 1. The van der Waals surface area contributed by atoms with E-state index >= 15 is 0 Å². The lowest BCUT2D eigenvalue weighted by Crippen LogP contribution is -2.30. The number of amides is 1. The minimum atomic E-state index is -0.791. The maximum atomic E-state index is 11.6. The summed E-state index contributed by atoms with van der Waals surface area (Å²) in [5.74, 6) is -1.22. The van der Waals surface area contributed by atoms with Crippen LogP contribution in [0.25, 0.3) is 0 Å². The van der Waals surface area contributed by atoms with Crippen LogP contribution in [-0.2, 0) is 9.59 Å². The Hall–Kier alpha value is -1.06. The lowest BCUT2D eigenvalue weighted by atomic mass is 9.97. The first-order valence-corrected chi connectivity index (χ1v) is 6.49. The Morgan fingerprint density at radius 2 is 1.71 bits per heavy atom. The average Bonchev–Trinajstić information content (AvgIpc) is 2.30. The Morgan fingerprint density at radius 1 is 1.12 bits per heavy atom. The van der Waals surface area contributed by atoms with Crippen LogP contribution in [0.1, 0.15) is 52.9 Å². The van der Waals surface area contributed by atoms with Gasteiger partial charge in [0.15, 0.2) is 0 Å². The van der Waals surface area contributed by atoms with Crippen LogP contribution < -0.4 is 5.32 Å². The summed E-state index contributed by atoms with van der Waals surface area (Å²) in [6, 6.07) is 0. The Labute approximate surface area is 104 Å². The molecule has 0 aromatic carbocycles. The second-order valence-corrected chi connectivity index (χ2v) is 4.72. The molecule has 0 heterocycles. The number of carboxylic acid groups (broad SMARTS) is 1. The molecular weight excluding hydrogens is 218 g/mol. The summed E-state index contributed by atoms with van der Waals surface area (Å²) >= 11 is 0. The summed E-state index contributed by atoms with van der Waals surface area (Å²) in [4.78, 5) is 22.3. The summed E-state index contributed by atoms with van der Waals surface area (Å²) in [6.45, 7) is 6.38. The lowest BCUT2D eigenvalue weighted by Gasteiger charge is -2.13. The third-order valence-electron chi connectivity index (χ3n) is 2.98. The minimum Gasteiger partial charge on any atom is -0.481 e. The first-order chi connectivity index (χ1) is 7.99. The number of rotatable bonds is 9. The highest BCUT2D eigenvalue weighted by Gasteiger charge is 2.16. The fourth-order valence-corrected chi connectivity index (χ4v) is 1.52. The van der Waals surface area contributed by atoms with Crippen LogP contribution in [-0.4, -0.2) is 23.5 Å². The second kappa shape index (κ2) is 9.02. The van der Waals surface area contributed by atoms with Crippen LogP contribution in [0.15, 0.2) is 0 Å². The number of aliphatic carboxylic acids is 1. The summed E-state index contributed by atoms with van der Waals surface area (Å²) in [5, 5.41) is 11.6. The van der Waals surface area contributed by atoms with Crippen molar-refractivity contribution in [3.05, 3.63) is 0 Å². The molecule has 0 aliphatic heterocycles. The molecule has 0 rings (SSSR count). The van der Waals surface area contributed by atoms with Gasteiger partial charge in [-0.05, 0) is 19.3 Å². The molecule has 0 unspecified atom stereocenters. The van der Waals surface area contributed by atoms with Crippen molar-refractivity contribution in [3.63, 3.8) is 0 Å². The van der Waals surface area contributed by atoms with Crippen LogP contribution in [0.5, 0.6) is 0 Å². The monoisotopic (exact) mass is 243 g/mol. The number of hydrogen-bond donors (Lipinski definition) is 2. The molecule has 2 N–H and O–H groups in total. The predicted octanol–water partition coefficient (Wildman–Crippen LogP) is 2.43. The van der Waals surface area contributed by atoms with Gasteiger partial charge in [0, 0.05) is 12.5 Å². The van der Waals surface area contributed by atoms with Crippen molar-refractivity contribution in [2.24, 2.45) is 11.8 Å². The Morgan fingerprint density at radius 3 is 2.24 bits per heavy atom. The molecule has 0 saturated heterocycles. The Balaban J connectivity index is 3.70. The van der Waals surface area contributed by atoms with Gasteiger partial charge < -0.3 is 10.4 Å². The maximum Gasteiger partial charge on any atom is 0.306 e. The standard InChI is InChI=1S/C13H25NO3/c1-4-5-6-9-14-12(15)10(2)7-8-11(3)13(16)17/h10-11H,4-9H2,1-3H3,(H,14,15)(H,16,17)/t10-,11-/m0/s1. The summed E-state index contributed by atoms with van der Waals surface area (Å²) in [6.07, 6.45) is 4.47. The number of carboxylic acids is 1. The molecular formula is C13H25NO3. The fraction of sp³-hybridized carbons (Fsp3) is 0.846. The van der Waals surface area contributed by atoms with E-state index in [2.05, 4.69) is 12.2 Å². The summed E-state index contributed by atoms with van der Waals surface area (Å²) in [7, 11) is 0. The molecule has 1 amide bonds. The Bertz CT molecular complexity index is 241. The van der Waals surface area contributed by atoms with Crippen molar-refractivity contribution >= 4 is 11.9 Å². The van der Waals surface area contributed by atoms with E-state index < -0.39 is 5.97 Å². The molecule has 0 spiro atoms. The highest BCUT2D eigenvalue weighted by molar-refractivity contribution is 5.78. The van der Waals surface area contributed by atoms with Crippen molar-refractivity contribution in [2.45, 2.75) is 52.9 Å². The molecule has 0 fully saturated rings. The van der Waals surface area contributed by atoms with Gasteiger partial charge in [0.2, 0.25) is 5.91 Å². The Kier molecular flexibility index (Phi) is 8.46. The molecule has 0 radical (unpaired) electrons. The van der Waals surface area contributed by atoms with Crippen LogP contribution in [0.2, 0.25) is 0 Å². The molecule has 0 aromatic rings. The first-order valence-electron chi connectivity index (χ1n) is 6.49. The molecule has 4 heteroatoms. The van der Waals surface area contributed by atoms with Crippen molar-refractivity contribution in [1.29, 1.82) is 0 Å². The van der Waals surface area contributed by atoms with Gasteiger partial charge in [-0.1, -0.05) is 33.6 Å². The average molecular weight is 243 g/mol. The third-order valence-corrected chi connectivity index (χ3v) is 2.98. The zero-order valence-electron chi connectivity index (χ0n) is 11.2. The largest absolute Gasteiger partial charge is 0.481 e. The quantitative estimate of drug-likeness (QED) is 0.611. The van der Waals surface area contributed by atoms with E-state index in [1.807, 2.05) is 6.92 Å². The fourth-order valence-electron chi connectivity index (χ4n) is 1.52. The van der Waals surface area contributed by atoms with Crippen LogP contribution >= 0.6 is 0 Å². The molecule has 17 heavy (non-hydrogen) atoms. The maximum absolute atomic E-state index is 11.6. The van der Waals surface area contributed by atoms with E-state index in [0.29, 0.717) is 12.8 Å². The van der Waals surface area contributed by atoms with Crippen molar-refractivity contribution in [3.8, 4) is 0 Å². The molecule has 0 saturated carbocycles.